The van der Waals surface area contributed by atoms with Crippen molar-refractivity contribution in [2.45, 2.75) is 64.8 Å². The molecule has 0 unspecified atom stereocenters. The monoisotopic (exact) mass is 490 g/mol. The third-order valence-corrected chi connectivity index (χ3v) is 6.85. The van der Waals surface area contributed by atoms with Gasteiger partial charge in [-0.3, -0.25) is 9.48 Å². The summed E-state index contributed by atoms with van der Waals surface area (Å²) in [4.78, 5) is 16.1. The van der Waals surface area contributed by atoms with Crippen LogP contribution in [-0.2, 0) is 16.0 Å². The number of carbonyl (C=O) groups is 1. The van der Waals surface area contributed by atoms with Crippen molar-refractivity contribution in [2.24, 2.45) is 5.41 Å². The van der Waals surface area contributed by atoms with Crippen LogP contribution in [0.25, 0.3) is 0 Å². The van der Waals surface area contributed by atoms with Gasteiger partial charge >= 0.3 is 5.97 Å². The number of hydrogen-bond donors (Lipinski definition) is 2. The molecule has 3 heterocycles. The molecule has 5 rings (SSSR count). The molecule has 0 radical (unpaired) electrons. The van der Waals surface area contributed by atoms with Crippen LogP contribution in [-0.4, -0.2) is 39.1 Å². The number of aliphatic carboxylic acids is 1. The molecule has 3 aromatic rings. The van der Waals surface area contributed by atoms with Gasteiger partial charge in [-0.25, -0.2) is 4.98 Å². The van der Waals surface area contributed by atoms with Crippen molar-refractivity contribution in [1.82, 2.24) is 14.8 Å². The second kappa shape index (κ2) is 9.93. The summed E-state index contributed by atoms with van der Waals surface area (Å²) < 4.78 is 14.0. The second-order valence-corrected chi connectivity index (χ2v) is 10.7. The first-order valence-electron chi connectivity index (χ1n) is 12.7. The van der Waals surface area contributed by atoms with Gasteiger partial charge in [-0.05, 0) is 82.2 Å². The molecule has 0 atom stereocenters. The molecule has 1 saturated heterocycles. The van der Waals surface area contributed by atoms with Crippen LogP contribution >= 0.6 is 0 Å². The fraction of sp³-hybridized carbons (Fsp3) is 0.464. The third-order valence-electron chi connectivity index (χ3n) is 6.85. The number of carboxylic acid groups (broad SMARTS) is 1. The summed E-state index contributed by atoms with van der Waals surface area (Å²) in [5.74, 6) is 1.68. The lowest BCUT2D eigenvalue weighted by atomic mass is 9.85. The maximum atomic E-state index is 11.6. The summed E-state index contributed by atoms with van der Waals surface area (Å²) in [6.07, 6.45) is 8.44. The Morgan fingerprint density at radius 2 is 1.97 bits per heavy atom. The van der Waals surface area contributed by atoms with Crippen LogP contribution in [0.5, 0.6) is 11.5 Å². The number of benzene rings is 1. The smallest absolute Gasteiger partial charge is 0.309 e. The number of ether oxygens (including phenoxy) is 2. The van der Waals surface area contributed by atoms with E-state index in [2.05, 4.69) is 15.0 Å². The Hall–Kier alpha value is -3.39. The Kier molecular flexibility index (Phi) is 6.71. The SMILES string of the molecule is Cc1cc(CC(C)(C)C(=O)O)cc(Nc2cc(Oc3cn(C4CC4)nc3C3CCOCC3)ccn2)c1. The van der Waals surface area contributed by atoms with E-state index in [0.29, 0.717) is 29.9 Å². The Morgan fingerprint density at radius 1 is 1.19 bits per heavy atom. The summed E-state index contributed by atoms with van der Waals surface area (Å²) in [5, 5.41) is 17.8. The van der Waals surface area contributed by atoms with Gasteiger partial charge in [-0.2, -0.15) is 5.10 Å². The molecule has 0 bridgehead atoms. The van der Waals surface area contributed by atoms with Crippen LogP contribution in [0.3, 0.4) is 0 Å². The number of hydrogen-bond acceptors (Lipinski definition) is 6. The van der Waals surface area contributed by atoms with Gasteiger partial charge in [0.25, 0.3) is 0 Å². The highest BCUT2D eigenvalue weighted by Gasteiger charge is 2.30. The summed E-state index contributed by atoms with van der Waals surface area (Å²) >= 11 is 0. The highest BCUT2D eigenvalue weighted by molar-refractivity contribution is 5.74. The lowest BCUT2D eigenvalue weighted by Gasteiger charge is -2.21. The Labute approximate surface area is 211 Å². The van der Waals surface area contributed by atoms with E-state index in [1.165, 1.54) is 12.8 Å². The summed E-state index contributed by atoms with van der Waals surface area (Å²) in [6, 6.07) is 10.2. The Bertz CT molecular complexity index is 1240. The molecule has 36 heavy (non-hydrogen) atoms. The van der Waals surface area contributed by atoms with E-state index in [0.717, 1.165) is 54.3 Å². The number of nitrogens with one attached hydrogen (secondary N) is 1. The van der Waals surface area contributed by atoms with Crippen molar-refractivity contribution >= 4 is 17.5 Å². The maximum Gasteiger partial charge on any atom is 0.309 e. The number of rotatable bonds is 9. The molecule has 2 aliphatic rings. The zero-order valence-electron chi connectivity index (χ0n) is 21.2. The summed E-state index contributed by atoms with van der Waals surface area (Å²) in [5.41, 5.74) is 3.05. The lowest BCUT2D eigenvalue weighted by Crippen LogP contribution is -2.26. The van der Waals surface area contributed by atoms with Gasteiger partial charge in [0.15, 0.2) is 5.75 Å². The molecule has 1 saturated carbocycles. The summed E-state index contributed by atoms with van der Waals surface area (Å²) in [7, 11) is 0. The van der Waals surface area contributed by atoms with Gasteiger partial charge < -0.3 is 19.9 Å². The minimum absolute atomic E-state index is 0.342. The first-order valence-corrected chi connectivity index (χ1v) is 12.7. The Morgan fingerprint density at radius 3 is 2.69 bits per heavy atom. The minimum atomic E-state index is -0.843. The normalized spacial score (nSPS) is 16.6. The molecule has 8 heteroatoms. The second-order valence-electron chi connectivity index (χ2n) is 10.7. The van der Waals surface area contributed by atoms with Crippen molar-refractivity contribution < 1.29 is 19.4 Å². The highest BCUT2D eigenvalue weighted by atomic mass is 16.5. The molecule has 1 aliphatic heterocycles. The number of anilines is 2. The van der Waals surface area contributed by atoms with E-state index in [-0.39, 0.29) is 0 Å². The van der Waals surface area contributed by atoms with E-state index in [9.17, 15) is 9.90 Å². The van der Waals surface area contributed by atoms with Crippen molar-refractivity contribution in [3.8, 4) is 11.5 Å². The molecule has 1 aromatic carbocycles. The van der Waals surface area contributed by atoms with Gasteiger partial charge in [-0.15, -0.1) is 0 Å². The Balaban J connectivity index is 1.35. The maximum absolute atomic E-state index is 11.6. The van der Waals surface area contributed by atoms with Crippen LogP contribution in [0.1, 0.15) is 68.3 Å². The number of aryl methyl sites for hydroxylation is 1. The largest absolute Gasteiger partial charge is 0.481 e. The fourth-order valence-corrected chi connectivity index (χ4v) is 4.69. The van der Waals surface area contributed by atoms with Crippen molar-refractivity contribution in [1.29, 1.82) is 0 Å². The van der Waals surface area contributed by atoms with Gasteiger partial charge in [0.1, 0.15) is 17.3 Å². The molecule has 8 nitrogen and oxygen atoms in total. The molecule has 2 aromatic heterocycles. The molecule has 190 valence electrons. The molecule has 1 aliphatic carbocycles. The predicted octanol–water partition coefficient (Wildman–Crippen LogP) is 6.00. The van der Waals surface area contributed by atoms with E-state index in [4.69, 9.17) is 14.6 Å². The number of aromatic nitrogens is 3. The average Bonchev–Trinajstić information content (AvgIpc) is 3.59. The topological polar surface area (TPSA) is 98.5 Å². The lowest BCUT2D eigenvalue weighted by molar-refractivity contribution is -0.146. The molecule has 0 spiro atoms. The molecular formula is C28H34N4O4. The zero-order chi connectivity index (χ0) is 25.3. The standard InChI is InChI=1S/C28H34N4O4/c1-18-12-19(16-28(2,3)27(33)34)14-21(13-18)30-25-15-23(6-9-29-25)36-24-17-32(22-4-5-22)31-26(24)20-7-10-35-11-8-20/h6,9,12-15,17,20,22H,4-5,7-8,10-11,16H2,1-3H3,(H,29,30)(H,33,34). The van der Waals surface area contributed by atoms with Crippen LogP contribution in [0.15, 0.2) is 42.7 Å². The van der Waals surface area contributed by atoms with Crippen LogP contribution in [0.4, 0.5) is 11.5 Å². The highest BCUT2D eigenvalue weighted by Crippen LogP contribution is 2.40. The molecular weight excluding hydrogens is 456 g/mol. The summed E-state index contributed by atoms with van der Waals surface area (Å²) in [6.45, 7) is 7.00. The number of carboxylic acids is 1. The number of pyridine rings is 1. The van der Waals surface area contributed by atoms with Crippen LogP contribution in [0, 0.1) is 12.3 Å². The first-order chi connectivity index (χ1) is 17.3. The van der Waals surface area contributed by atoms with E-state index >= 15 is 0 Å². The van der Waals surface area contributed by atoms with Gasteiger partial charge in [-0.1, -0.05) is 6.07 Å². The first kappa shape index (κ1) is 24.3. The van der Waals surface area contributed by atoms with Crippen molar-refractivity contribution in [3.05, 3.63) is 59.5 Å². The van der Waals surface area contributed by atoms with E-state index in [1.54, 1.807) is 20.0 Å². The predicted molar refractivity (Wildman–Crippen MR) is 137 cm³/mol. The average molecular weight is 491 g/mol. The molecule has 2 N–H and O–H groups in total. The number of nitrogens with zero attached hydrogens (tertiary/aromatic N) is 3. The zero-order valence-corrected chi connectivity index (χ0v) is 21.2. The van der Waals surface area contributed by atoms with Gasteiger partial charge in [0, 0.05) is 37.1 Å². The minimum Gasteiger partial charge on any atom is -0.481 e. The van der Waals surface area contributed by atoms with Crippen molar-refractivity contribution in [3.63, 3.8) is 0 Å². The molecule has 0 amide bonds. The van der Waals surface area contributed by atoms with Crippen LogP contribution in [0.2, 0.25) is 0 Å². The quantitative estimate of drug-likeness (QED) is 0.379. The van der Waals surface area contributed by atoms with Gasteiger partial charge in [0.2, 0.25) is 0 Å². The van der Waals surface area contributed by atoms with Gasteiger partial charge in [0.05, 0.1) is 17.7 Å². The van der Waals surface area contributed by atoms with Crippen molar-refractivity contribution in [2.75, 3.05) is 18.5 Å². The van der Waals surface area contributed by atoms with E-state index in [1.807, 2.05) is 43.5 Å². The third kappa shape index (κ3) is 5.70. The fourth-order valence-electron chi connectivity index (χ4n) is 4.69. The van der Waals surface area contributed by atoms with Crippen LogP contribution < -0.4 is 10.1 Å². The molecule has 2 fully saturated rings. The van der Waals surface area contributed by atoms with E-state index < -0.39 is 11.4 Å².